The van der Waals surface area contributed by atoms with Gasteiger partial charge >= 0.3 is 0 Å². The number of likely N-dealkylation sites (tertiary alicyclic amines) is 2. The van der Waals surface area contributed by atoms with Gasteiger partial charge in [-0.25, -0.2) is 15.0 Å². The third kappa shape index (κ3) is 14.9. The van der Waals surface area contributed by atoms with Gasteiger partial charge in [0, 0.05) is 73.5 Å². The molecular formula is C74H96N14O8S2. The molecule has 5 N–H and O–H groups in total. The van der Waals surface area contributed by atoms with Crippen molar-refractivity contribution in [2.45, 2.75) is 176 Å². The first-order chi connectivity index (χ1) is 46.9. The minimum absolute atomic E-state index is 0.0231. The third-order valence-electron chi connectivity index (χ3n) is 21.3. The van der Waals surface area contributed by atoms with Crippen LogP contribution in [0.5, 0.6) is 0 Å². The van der Waals surface area contributed by atoms with E-state index >= 15 is 0 Å². The van der Waals surface area contributed by atoms with Gasteiger partial charge in [0.05, 0.1) is 83.3 Å². The summed E-state index contributed by atoms with van der Waals surface area (Å²) < 4.78 is 22.2. The number of thiazole rings is 2. The van der Waals surface area contributed by atoms with Crippen molar-refractivity contribution in [1.29, 1.82) is 0 Å². The Labute approximate surface area is 582 Å². The number of aliphatic hydroxyl groups is 1. The molecule has 14 rings (SSSR count). The topological polar surface area (TPSA) is 256 Å². The number of β-amino-alcohol motifs (C(OH)–C–C–N with tert-alkyl or cyclic N) is 1. The van der Waals surface area contributed by atoms with Crippen LogP contribution in [0.3, 0.4) is 0 Å². The summed E-state index contributed by atoms with van der Waals surface area (Å²) in [6.07, 6.45) is 12.0. The summed E-state index contributed by atoms with van der Waals surface area (Å²) in [5, 5.41) is 38.7. The Balaban J connectivity index is 0.637. The Bertz CT molecular complexity index is 4010. The second-order valence-corrected chi connectivity index (χ2v) is 32.5. The molecule has 4 amide bonds. The van der Waals surface area contributed by atoms with E-state index in [4.69, 9.17) is 39.5 Å². The quantitative estimate of drug-likeness (QED) is 0.0316. The number of fused-ring (bicyclic) bond motifs is 2. The third-order valence-corrected chi connectivity index (χ3v) is 23.2. The Morgan fingerprint density at radius 2 is 1.57 bits per heavy atom. The van der Waals surface area contributed by atoms with Crippen LogP contribution in [0.1, 0.15) is 157 Å². The lowest BCUT2D eigenvalue weighted by Crippen LogP contribution is -2.64. The molecule has 24 heteroatoms. The highest BCUT2D eigenvalue weighted by molar-refractivity contribution is 7.22. The van der Waals surface area contributed by atoms with Crippen LogP contribution < -0.4 is 26.2 Å². The lowest BCUT2D eigenvalue weighted by atomic mass is 9.39. The number of hydrogen-bond donors (Lipinski definition) is 5. The van der Waals surface area contributed by atoms with Crippen LogP contribution in [-0.4, -0.2) is 170 Å². The number of aliphatic hydroxyl groups excluding tert-OH is 1. The molecule has 3 aliphatic heterocycles. The number of ether oxygens (including phenoxy) is 3. The second kappa shape index (κ2) is 28.4. The normalized spacial score (nSPS) is 24.3. The summed E-state index contributed by atoms with van der Waals surface area (Å²) in [5.41, 5.74) is 10.0. The van der Waals surface area contributed by atoms with Gasteiger partial charge in [-0.1, -0.05) is 82.4 Å². The van der Waals surface area contributed by atoms with Gasteiger partial charge in [0.2, 0.25) is 17.7 Å². The van der Waals surface area contributed by atoms with Crippen LogP contribution in [0, 0.1) is 42.4 Å². The van der Waals surface area contributed by atoms with Gasteiger partial charge in [0.15, 0.2) is 16.8 Å². The number of carbonyl (C=O) groups excluding carboxylic acids is 4. The highest BCUT2D eigenvalue weighted by atomic mass is 32.1. The van der Waals surface area contributed by atoms with Crippen LogP contribution in [0.15, 0.2) is 72.4 Å². The van der Waals surface area contributed by atoms with E-state index in [1.807, 2.05) is 101 Å². The number of pyridine rings is 1. The van der Waals surface area contributed by atoms with Crippen LogP contribution >= 0.6 is 22.7 Å². The van der Waals surface area contributed by atoms with Crippen molar-refractivity contribution in [2.24, 2.45) is 21.7 Å². The number of carbonyl (C=O) groups is 4. The summed E-state index contributed by atoms with van der Waals surface area (Å²) in [7, 11) is 0. The fourth-order valence-corrected chi connectivity index (χ4v) is 19.4. The van der Waals surface area contributed by atoms with E-state index in [0.717, 1.165) is 124 Å². The predicted molar refractivity (Wildman–Crippen MR) is 381 cm³/mol. The van der Waals surface area contributed by atoms with Gasteiger partial charge in [0.25, 0.3) is 5.91 Å². The van der Waals surface area contributed by atoms with Crippen LogP contribution in [0.4, 0.5) is 22.6 Å². The number of aromatic nitrogens is 7. The van der Waals surface area contributed by atoms with E-state index < -0.39 is 35.4 Å². The molecule has 0 unspecified atom stereocenters. The maximum absolute atomic E-state index is 14.8. The summed E-state index contributed by atoms with van der Waals surface area (Å²) in [6, 6.07) is 17.7. The van der Waals surface area contributed by atoms with E-state index in [0.29, 0.717) is 29.6 Å². The van der Waals surface area contributed by atoms with Crippen molar-refractivity contribution in [2.75, 3.05) is 82.5 Å². The average molecular weight is 1370 g/mol. The van der Waals surface area contributed by atoms with E-state index in [1.54, 1.807) is 22.7 Å². The Hall–Kier alpha value is -7.32. The Morgan fingerprint density at radius 3 is 2.31 bits per heavy atom. The minimum Gasteiger partial charge on any atom is -0.391 e. The molecule has 5 aromatic heterocycles. The van der Waals surface area contributed by atoms with Crippen molar-refractivity contribution in [3.8, 4) is 21.6 Å². The van der Waals surface area contributed by atoms with Crippen molar-refractivity contribution in [3.05, 3.63) is 106 Å². The molecule has 8 heterocycles. The summed E-state index contributed by atoms with van der Waals surface area (Å²) in [5.74, 6) is 0.382. The molecule has 7 aromatic rings. The molecule has 2 aromatic carbocycles. The summed E-state index contributed by atoms with van der Waals surface area (Å²) in [4.78, 5) is 78.0. The monoisotopic (exact) mass is 1370 g/mol. The van der Waals surface area contributed by atoms with Crippen molar-refractivity contribution >= 4 is 79.1 Å². The highest BCUT2D eigenvalue weighted by Gasteiger charge is 2.66. The van der Waals surface area contributed by atoms with E-state index in [-0.39, 0.29) is 97.8 Å². The molecule has 98 heavy (non-hydrogen) atoms. The molecule has 4 bridgehead atoms. The van der Waals surface area contributed by atoms with Crippen molar-refractivity contribution < 1.29 is 38.5 Å². The molecule has 6 fully saturated rings. The molecule has 0 radical (unpaired) electrons. The maximum atomic E-state index is 14.8. The summed E-state index contributed by atoms with van der Waals surface area (Å²) in [6.45, 7) is 24.9. The Kier molecular flexibility index (Phi) is 20.0. The number of benzene rings is 2. The molecule has 4 aliphatic carbocycles. The minimum atomic E-state index is -0.981. The zero-order valence-electron chi connectivity index (χ0n) is 58.3. The molecule has 22 nitrogen and oxygen atoms in total. The van der Waals surface area contributed by atoms with Crippen molar-refractivity contribution in [1.82, 2.24) is 60.7 Å². The molecule has 522 valence electrons. The number of nitrogens with zero attached hydrogens (tertiary/aromatic N) is 10. The van der Waals surface area contributed by atoms with Gasteiger partial charge in [0.1, 0.15) is 23.6 Å². The Morgan fingerprint density at radius 1 is 0.816 bits per heavy atom. The molecule has 4 saturated carbocycles. The van der Waals surface area contributed by atoms with Crippen molar-refractivity contribution in [3.63, 3.8) is 0 Å². The van der Waals surface area contributed by atoms with Crippen LogP contribution in [0.2, 0.25) is 0 Å². The number of anilines is 4. The first-order valence-electron chi connectivity index (χ1n) is 35.1. The largest absolute Gasteiger partial charge is 0.391 e. The SMILES string of the molecule is Cc1ncsc1-c1ccc([C@H](C)NC(=O)[C@@H]2C[C@@H](O)CN2C(=O)[C@@H](NC(=O)CCOCCOCCNC(=O)c2nc(N3CCCc4c3nnc(Nc3nc5ccccc5s3)c4C)ccc2-c2cnn(C[C@]34C[C@]5(C)C[C@](C)(C3)C[C@@](OCCN3CCCC3)(C5)C4)c2C)C(C)(C)C)cc1. The van der Waals surface area contributed by atoms with Crippen LogP contribution in [-0.2, 0) is 41.6 Å². The zero-order chi connectivity index (χ0) is 68.7. The first kappa shape index (κ1) is 69.2. The molecule has 0 spiro atoms. The zero-order valence-corrected chi connectivity index (χ0v) is 59.9. The van der Waals surface area contributed by atoms with Gasteiger partial charge in [-0.15, -0.1) is 21.5 Å². The fourth-order valence-electron chi connectivity index (χ4n) is 17.7. The molecular weight excluding hydrogens is 1280 g/mol. The number of amides is 4. The number of rotatable bonds is 26. The van der Waals surface area contributed by atoms with Gasteiger partial charge in [-0.2, -0.15) is 5.10 Å². The van der Waals surface area contributed by atoms with Gasteiger partial charge < -0.3 is 55.3 Å². The molecule has 7 aliphatic rings. The van der Waals surface area contributed by atoms with E-state index in [1.165, 1.54) is 37.3 Å². The second-order valence-electron chi connectivity index (χ2n) is 30.6. The summed E-state index contributed by atoms with van der Waals surface area (Å²) >= 11 is 3.15. The number of aryl methyl sites for hydroxylation is 1. The average Bonchev–Trinajstić information content (AvgIpc) is 0.751. The van der Waals surface area contributed by atoms with Crippen LogP contribution in [0.25, 0.3) is 31.8 Å². The fraction of sp³-hybridized carbons (Fsp3) is 0.568. The predicted octanol–water partition coefficient (Wildman–Crippen LogP) is 11.0. The number of nitrogens with one attached hydrogen (secondary N) is 4. The standard InChI is InChI=1S/C74H96N14O8S2/c1-46-53-15-14-28-86(65(53)84-83-64(46)82-69-79-56-16-10-11-17-58(56)98-69)59-23-22-54(55-36-77-88(49(55)4)44-73-39-71(8)38-72(9,40-73)42-74(41-71,43-73)96-32-29-85-26-12-13-27-85)61(80-59)67(92)75-25-31-95-34-33-94-30-24-60(90)81-63(70(5,6)7)68(93)87-37-52(89)35-57(87)66(91)78-47(2)50-18-20-51(21-19-50)62-48(3)76-45-97-62/h10-11,16-23,36,45,47,52,57,63,89H,12-15,24-35,37-44H2,1-9H3,(H,75,92)(H,78,91)(H,81,90)(H,79,82,83)/t47-,52+,57-,63+,71-,72+,73+,74-/m0/s1. The maximum Gasteiger partial charge on any atom is 0.270 e. The molecule has 2 saturated heterocycles. The van der Waals surface area contributed by atoms with Gasteiger partial charge in [-0.3, -0.25) is 23.9 Å². The first-order valence-corrected chi connectivity index (χ1v) is 36.8. The lowest BCUT2D eigenvalue weighted by Gasteiger charge is -2.69. The van der Waals surface area contributed by atoms with E-state index in [9.17, 15) is 24.3 Å². The smallest absolute Gasteiger partial charge is 0.270 e. The van der Waals surface area contributed by atoms with Gasteiger partial charge in [-0.05, 0) is 162 Å². The lowest BCUT2D eigenvalue weighted by molar-refractivity contribution is -0.248. The number of hydrogen-bond acceptors (Lipinski definition) is 19. The molecule has 8 atom stereocenters. The highest BCUT2D eigenvalue weighted by Crippen LogP contribution is 2.72. The number of para-hydroxylation sites is 1. The van der Waals surface area contributed by atoms with E-state index in [2.05, 4.69) is 74.5 Å².